The van der Waals surface area contributed by atoms with Crippen molar-refractivity contribution in [1.82, 2.24) is 15.1 Å². The molecule has 0 radical (unpaired) electrons. The van der Waals surface area contributed by atoms with Crippen LogP contribution in [0.2, 0.25) is 0 Å². The van der Waals surface area contributed by atoms with Crippen LogP contribution in [-0.2, 0) is 0 Å². The maximum Gasteiger partial charge on any atom is 0.0465 e. The highest BCUT2D eigenvalue weighted by Crippen LogP contribution is 2.21. The molecule has 3 heteroatoms. The van der Waals surface area contributed by atoms with Gasteiger partial charge in [0.05, 0.1) is 0 Å². The van der Waals surface area contributed by atoms with E-state index >= 15 is 0 Å². The molecule has 2 fully saturated rings. The van der Waals surface area contributed by atoms with Crippen LogP contribution in [0.25, 0.3) is 0 Å². The smallest absolute Gasteiger partial charge is 0.0465 e. The lowest BCUT2D eigenvalue weighted by atomic mass is 10.0. The predicted octanol–water partition coefficient (Wildman–Crippen LogP) is 2.06. The summed E-state index contributed by atoms with van der Waals surface area (Å²) >= 11 is 0. The lowest BCUT2D eigenvalue weighted by Crippen LogP contribution is -2.54. The highest BCUT2D eigenvalue weighted by atomic mass is 15.3. The van der Waals surface area contributed by atoms with Crippen LogP contribution in [-0.4, -0.2) is 54.1 Å². The molecule has 104 valence electrons. The second-order valence-corrected chi connectivity index (χ2v) is 6.64. The lowest BCUT2D eigenvalue weighted by Gasteiger charge is -2.45. The summed E-state index contributed by atoms with van der Waals surface area (Å²) in [7, 11) is 0. The normalized spacial score (nSPS) is 27.3. The van der Waals surface area contributed by atoms with Crippen molar-refractivity contribution >= 4 is 0 Å². The molecule has 0 saturated carbocycles. The Labute approximate surface area is 112 Å². The SMILES string of the molecule is C=C(C1CCCCN1)N1CCN(C(C)(C)C)CC1. The molecular formula is C15H29N3. The molecule has 0 amide bonds. The molecule has 0 aromatic carbocycles. The fraction of sp³-hybridized carbons (Fsp3) is 0.867. The minimum Gasteiger partial charge on any atom is -0.371 e. The van der Waals surface area contributed by atoms with Gasteiger partial charge in [0.1, 0.15) is 0 Å². The average molecular weight is 251 g/mol. The van der Waals surface area contributed by atoms with Crippen LogP contribution in [0.3, 0.4) is 0 Å². The Balaban J connectivity index is 1.83. The fourth-order valence-electron chi connectivity index (χ4n) is 3.02. The van der Waals surface area contributed by atoms with Crippen molar-refractivity contribution in [2.45, 2.75) is 51.6 Å². The van der Waals surface area contributed by atoms with Crippen molar-refractivity contribution < 1.29 is 0 Å². The molecule has 0 bridgehead atoms. The first-order valence-corrected chi connectivity index (χ1v) is 7.40. The van der Waals surface area contributed by atoms with Gasteiger partial charge in [-0.1, -0.05) is 13.0 Å². The van der Waals surface area contributed by atoms with Gasteiger partial charge >= 0.3 is 0 Å². The summed E-state index contributed by atoms with van der Waals surface area (Å²) in [6, 6.07) is 0.528. The predicted molar refractivity (Wildman–Crippen MR) is 77.7 cm³/mol. The van der Waals surface area contributed by atoms with Gasteiger partial charge < -0.3 is 10.2 Å². The highest BCUT2D eigenvalue weighted by Gasteiger charge is 2.28. The number of hydrogen-bond donors (Lipinski definition) is 1. The summed E-state index contributed by atoms with van der Waals surface area (Å²) < 4.78 is 0. The van der Waals surface area contributed by atoms with Crippen LogP contribution >= 0.6 is 0 Å². The second kappa shape index (κ2) is 5.62. The molecule has 0 spiro atoms. The molecule has 2 aliphatic rings. The maximum absolute atomic E-state index is 4.33. The Morgan fingerprint density at radius 1 is 1.11 bits per heavy atom. The molecule has 3 nitrogen and oxygen atoms in total. The second-order valence-electron chi connectivity index (χ2n) is 6.64. The van der Waals surface area contributed by atoms with Crippen LogP contribution in [0.1, 0.15) is 40.0 Å². The van der Waals surface area contributed by atoms with E-state index < -0.39 is 0 Å². The molecule has 2 saturated heterocycles. The topological polar surface area (TPSA) is 18.5 Å². The van der Waals surface area contributed by atoms with Gasteiger partial charge in [0.2, 0.25) is 0 Å². The number of piperazine rings is 1. The Bertz CT molecular complexity index is 279. The number of rotatable bonds is 2. The first kappa shape index (κ1) is 13.9. The molecule has 18 heavy (non-hydrogen) atoms. The van der Waals surface area contributed by atoms with E-state index in [2.05, 4.69) is 42.5 Å². The Morgan fingerprint density at radius 3 is 2.28 bits per heavy atom. The standard InChI is InChI=1S/C15H29N3/c1-13(14-7-5-6-8-16-14)17-9-11-18(12-10-17)15(2,3)4/h14,16H,1,5-12H2,2-4H3. The summed E-state index contributed by atoms with van der Waals surface area (Å²) in [5.41, 5.74) is 1.62. The van der Waals surface area contributed by atoms with E-state index in [0.29, 0.717) is 11.6 Å². The first-order chi connectivity index (χ1) is 8.48. The Hall–Kier alpha value is -0.540. The number of piperidine rings is 1. The molecule has 0 aromatic heterocycles. The molecule has 1 atom stereocenters. The van der Waals surface area contributed by atoms with E-state index in [0.717, 1.165) is 32.7 Å². The summed E-state index contributed by atoms with van der Waals surface area (Å²) in [5.74, 6) is 0. The van der Waals surface area contributed by atoms with Gasteiger partial charge in [-0.25, -0.2) is 0 Å². The Morgan fingerprint density at radius 2 is 1.78 bits per heavy atom. The van der Waals surface area contributed by atoms with E-state index in [1.54, 1.807) is 0 Å². The third kappa shape index (κ3) is 3.27. The van der Waals surface area contributed by atoms with Crippen molar-refractivity contribution in [3.63, 3.8) is 0 Å². The van der Waals surface area contributed by atoms with Gasteiger partial charge in [-0.15, -0.1) is 0 Å². The molecule has 2 heterocycles. The molecular weight excluding hydrogens is 222 g/mol. The summed E-state index contributed by atoms with van der Waals surface area (Å²) in [5, 5.41) is 3.60. The zero-order chi connectivity index (χ0) is 13.2. The zero-order valence-corrected chi connectivity index (χ0v) is 12.3. The molecule has 0 aliphatic carbocycles. The van der Waals surface area contributed by atoms with E-state index in [-0.39, 0.29) is 0 Å². The number of nitrogens with zero attached hydrogens (tertiary/aromatic N) is 2. The van der Waals surface area contributed by atoms with Crippen LogP contribution in [0.15, 0.2) is 12.3 Å². The lowest BCUT2D eigenvalue weighted by molar-refractivity contribution is 0.0724. The largest absolute Gasteiger partial charge is 0.371 e. The van der Waals surface area contributed by atoms with Gasteiger partial charge in [0.25, 0.3) is 0 Å². The van der Waals surface area contributed by atoms with Crippen LogP contribution in [0.4, 0.5) is 0 Å². The third-order valence-electron chi connectivity index (χ3n) is 4.35. The van der Waals surface area contributed by atoms with Gasteiger partial charge in [-0.2, -0.15) is 0 Å². The van der Waals surface area contributed by atoms with Gasteiger partial charge in [-0.05, 0) is 40.2 Å². The minimum absolute atomic E-state index is 0.302. The van der Waals surface area contributed by atoms with Crippen LogP contribution in [0.5, 0.6) is 0 Å². The zero-order valence-electron chi connectivity index (χ0n) is 12.3. The first-order valence-electron chi connectivity index (χ1n) is 7.40. The monoisotopic (exact) mass is 251 g/mol. The minimum atomic E-state index is 0.302. The van der Waals surface area contributed by atoms with Crippen molar-refractivity contribution in [1.29, 1.82) is 0 Å². The van der Waals surface area contributed by atoms with E-state index in [1.165, 1.54) is 25.0 Å². The third-order valence-corrected chi connectivity index (χ3v) is 4.35. The number of hydrogen-bond acceptors (Lipinski definition) is 3. The summed E-state index contributed by atoms with van der Waals surface area (Å²) in [6.45, 7) is 17.0. The van der Waals surface area contributed by atoms with Gasteiger partial charge in [0, 0.05) is 43.5 Å². The van der Waals surface area contributed by atoms with Gasteiger partial charge in [-0.3, -0.25) is 4.90 Å². The fourth-order valence-corrected chi connectivity index (χ4v) is 3.02. The molecule has 2 aliphatic heterocycles. The van der Waals surface area contributed by atoms with E-state index in [9.17, 15) is 0 Å². The molecule has 0 aromatic rings. The maximum atomic E-state index is 4.33. The quantitative estimate of drug-likeness (QED) is 0.810. The van der Waals surface area contributed by atoms with Crippen LogP contribution in [0, 0.1) is 0 Å². The number of nitrogens with one attached hydrogen (secondary N) is 1. The summed E-state index contributed by atoms with van der Waals surface area (Å²) in [4.78, 5) is 5.07. The molecule has 1 N–H and O–H groups in total. The van der Waals surface area contributed by atoms with Crippen LogP contribution < -0.4 is 5.32 Å². The molecule has 1 unspecified atom stereocenters. The van der Waals surface area contributed by atoms with Crippen molar-refractivity contribution in [3.05, 3.63) is 12.3 Å². The van der Waals surface area contributed by atoms with Gasteiger partial charge in [0.15, 0.2) is 0 Å². The van der Waals surface area contributed by atoms with Crippen molar-refractivity contribution in [2.24, 2.45) is 0 Å². The Kier molecular flexibility index (Phi) is 4.33. The van der Waals surface area contributed by atoms with Crippen molar-refractivity contribution in [3.8, 4) is 0 Å². The van der Waals surface area contributed by atoms with Crippen molar-refractivity contribution in [2.75, 3.05) is 32.7 Å². The van der Waals surface area contributed by atoms with E-state index in [4.69, 9.17) is 0 Å². The molecule has 2 rings (SSSR count). The average Bonchev–Trinajstić information content (AvgIpc) is 2.38. The van der Waals surface area contributed by atoms with E-state index in [1.807, 2.05) is 0 Å². The highest BCUT2D eigenvalue weighted by molar-refractivity contribution is 5.07. The summed E-state index contributed by atoms with van der Waals surface area (Å²) in [6.07, 6.45) is 3.93.